The van der Waals surface area contributed by atoms with Gasteiger partial charge in [0.05, 0.1) is 0 Å². The summed E-state index contributed by atoms with van der Waals surface area (Å²) in [6.45, 7) is 1.47. The van der Waals surface area contributed by atoms with Crippen molar-refractivity contribution in [3.05, 3.63) is 66.0 Å². The third kappa shape index (κ3) is 5.72. The first-order valence-corrected chi connectivity index (χ1v) is 7.44. The zero-order chi connectivity index (χ0) is 17.4. The molecule has 1 N–H and O–H groups in total. The molecule has 0 saturated heterocycles. The summed E-state index contributed by atoms with van der Waals surface area (Å²) in [6.07, 6.45) is -0.905. The van der Waals surface area contributed by atoms with Gasteiger partial charge in [-0.05, 0) is 36.8 Å². The summed E-state index contributed by atoms with van der Waals surface area (Å²) in [4.78, 5) is 23.5. The van der Waals surface area contributed by atoms with E-state index in [0.717, 1.165) is 5.56 Å². The molecule has 2 aromatic carbocycles. The van der Waals surface area contributed by atoms with Gasteiger partial charge < -0.3 is 14.8 Å². The van der Waals surface area contributed by atoms with Crippen LogP contribution in [0, 0.1) is 5.82 Å². The maximum Gasteiger partial charge on any atom is 0.347 e. The van der Waals surface area contributed by atoms with Gasteiger partial charge in [-0.25, -0.2) is 9.18 Å². The predicted molar refractivity (Wildman–Crippen MR) is 85.7 cm³/mol. The minimum absolute atomic E-state index is 0.342. The Hall–Kier alpha value is -2.89. The number of halogens is 1. The molecule has 0 aliphatic rings. The predicted octanol–water partition coefficient (Wildman–Crippen LogP) is 2.45. The normalized spacial score (nSPS) is 11.4. The van der Waals surface area contributed by atoms with E-state index in [-0.39, 0.29) is 6.61 Å². The highest BCUT2D eigenvalue weighted by molar-refractivity contribution is 5.81. The lowest BCUT2D eigenvalue weighted by Crippen LogP contribution is -2.32. The van der Waals surface area contributed by atoms with Crippen LogP contribution in [0.1, 0.15) is 12.5 Å². The molecule has 0 radical (unpaired) electrons. The molecular weight excluding hydrogens is 313 g/mol. The van der Waals surface area contributed by atoms with E-state index in [9.17, 15) is 14.0 Å². The third-order valence-corrected chi connectivity index (χ3v) is 3.14. The topological polar surface area (TPSA) is 64.6 Å². The maximum atomic E-state index is 12.8. The molecule has 0 heterocycles. The van der Waals surface area contributed by atoms with Crippen LogP contribution < -0.4 is 10.1 Å². The quantitative estimate of drug-likeness (QED) is 0.792. The number of rotatable bonds is 7. The molecule has 1 atom stereocenters. The number of ether oxygens (including phenoxy) is 2. The summed E-state index contributed by atoms with van der Waals surface area (Å²) in [5, 5.41) is 2.65. The van der Waals surface area contributed by atoms with E-state index in [4.69, 9.17) is 9.47 Å². The Labute approximate surface area is 139 Å². The van der Waals surface area contributed by atoms with Crippen LogP contribution in [-0.2, 0) is 20.9 Å². The standard InChI is InChI=1S/C18H18FNO4/c1-13(24-16-9-7-15(19)8-10-16)18(22)23-12-17(21)20-11-14-5-3-2-4-6-14/h2-10,13H,11-12H2,1H3,(H,20,21)/t13-/m0/s1. The van der Waals surface area contributed by atoms with Crippen LogP contribution in [0.25, 0.3) is 0 Å². The molecule has 0 saturated carbocycles. The molecule has 2 rings (SSSR count). The average molecular weight is 331 g/mol. The van der Waals surface area contributed by atoms with Crippen molar-refractivity contribution in [2.45, 2.75) is 19.6 Å². The zero-order valence-electron chi connectivity index (χ0n) is 13.2. The van der Waals surface area contributed by atoms with Gasteiger partial charge in [-0.15, -0.1) is 0 Å². The number of hydrogen-bond donors (Lipinski definition) is 1. The van der Waals surface area contributed by atoms with Crippen molar-refractivity contribution in [3.63, 3.8) is 0 Å². The number of hydrogen-bond acceptors (Lipinski definition) is 4. The Morgan fingerprint density at radius 2 is 1.75 bits per heavy atom. The fourth-order valence-corrected chi connectivity index (χ4v) is 1.87. The van der Waals surface area contributed by atoms with E-state index in [1.165, 1.54) is 31.2 Å². The van der Waals surface area contributed by atoms with Crippen molar-refractivity contribution in [2.75, 3.05) is 6.61 Å². The highest BCUT2D eigenvalue weighted by Crippen LogP contribution is 2.13. The van der Waals surface area contributed by atoms with Gasteiger partial charge >= 0.3 is 5.97 Å². The number of benzene rings is 2. The van der Waals surface area contributed by atoms with Crippen LogP contribution in [0.5, 0.6) is 5.75 Å². The second kappa shape index (κ2) is 8.67. The minimum atomic E-state index is -0.905. The SMILES string of the molecule is C[C@H](Oc1ccc(F)cc1)C(=O)OCC(=O)NCc1ccccc1. The van der Waals surface area contributed by atoms with Crippen LogP contribution in [0.4, 0.5) is 4.39 Å². The number of nitrogens with one attached hydrogen (secondary N) is 1. The molecule has 0 fully saturated rings. The molecular formula is C18H18FNO4. The number of carbonyl (C=O) groups excluding carboxylic acids is 2. The monoisotopic (exact) mass is 331 g/mol. The van der Waals surface area contributed by atoms with Crippen LogP contribution in [0.2, 0.25) is 0 Å². The average Bonchev–Trinajstić information content (AvgIpc) is 2.60. The van der Waals surface area contributed by atoms with Gasteiger partial charge in [0, 0.05) is 6.54 Å². The zero-order valence-corrected chi connectivity index (χ0v) is 13.2. The first kappa shape index (κ1) is 17.5. The van der Waals surface area contributed by atoms with Crippen LogP contribution in [0.3, 0.4) is 0 Å². The summed E-state index contributed by atoms with van der Waals surface area (Å²) in [5.41, 5.74) is 0.949. The van der Waals surface area contributed by atoms with Gasteiger partial charge in [0.25, 0.3) is 5.91 Å². The Kier molecular flexibility index (Phi) is 6.31. The molecule has 2 aromatic rings. The molecule has 6 heteroatoms. The van der Waals surface area contributed by atoms with Crippen molar-refractivity contribution in [1.29, 1.82) is 0 Å². The molecule has 0 aliphatic carbocycles. The van der Waals surface area contributed by atoms with Gasteiger partial charge in [-0.2, -0.15) is 0 Å². The molecule has 0 aliphatic heterocycles. The van der Waals surface area contributed by atoms with E-state index < -0.39 is 23.8 Å². The molecule has 1 amide bonds. The minimum Gasteiger partial charge on any atom is -0.479 e. The highest BCUT2D eigenvalue weighted by atomic mass is 19.1. The van der Waals surface area contributed by atoms with Crippen molar-refractivity contribution >= 4 is 11.9 Å². The molecule has 0 unspecified atom stereocenters. The molecule has 0 bridgehead atoms. The Balaban J connectivity index is 1.71. The second-order valence-electron chi connectivity index (χ2n) is 5.08. The summed E-state index contributed by atoms with van der Waals surface area (Å²) < 4.78 is 23.0. The fourth-order valence-electron chi connectivity index (χ4n) is 1.87. The lowest BCUT2D eigenvalue weighted by Gasteiger charge is -2.14. The van der Waals surface area contributed by atoms with E-state index in [1.54, 1.807) is 0 Å². The summed E-state index contributed by atoms with van der Waals surface area (Å²) in [6, 6.07) is 14.7. The van der Waals surface area contributed by atoms with Crippen LogP contribution in [0.15, 0.2) is 54.6 Å². The third-order valence-electron chi connectivity index (χ3n) is 3.14. The maximum absolute atomic E-state index is 12.8. The highest BCUT2D eigenvalue weighted by Gasteiger charge is 2.17. The fraction of sp³-hybridized carbons (Fsp3) is 0.222. The Morgan fingerprint density at radius 1 is 1.08 bits per heavy atom. The van der Waals surface area contributed by atoms with E-state index >= 15 is 0 Å². The van der Waals surface area contributed by atoms with E-state index in [1.807, 2.05) is 30.3 Å². The van der Waals surface area contributed by atoms with Crippen molar-refractivity contribution < 1.29 is 23.5 Å². The van der Waals surface area contributed by atoms with Crippen molar-refractivity contribution in [3.8, 4) is 5.75 Å². The smallest absolute Gasteiger partial charge is 0.347 e. The van der Waals surface area contributed by atoms with Crippen molar-refractivity contribution in [1.82, 2.24) is 5.32 Å². The van der Waals surface area contributed by atoms with Gasteiger partial charge in [-0.3, -0.25) is 4.79 Å². The second-order valence-corrected chi connectivity index (χ2v) is 5.08. The molecule has 126 valence electrons. The van der Waals surface area contributed by atoms with Crippen molar-refractivity contribution in [2.24, 2.45) is 0 Å². The first-order valence-electron chi connectivity index (χ1n) is 7.44. The van der Waals surface area contributed by atoms with E-state index in [2.05, 4.69) is 5.32 Å². The van der Waals surface area contributed by atoms with Crippen LogP contribution >= 0.6 is 0 Å². The molecule has 24 heavy (non-hydrogen) atoms. The summed E-state index contributed by atoms with van der Waals surface area (Å²) in [5.74, 6) is -1.13. The Bertz CT molecular complexity index is 673. The largest absolute Gasteiger partial charge is 0.479 e. The van der Waals surface area contributed by atoms with Crippen LogP contribution in [-0.4, -0.2) is 24.6 Å². The van der Waals surface area contributed by atoms with Gasteiger partial charge in [0.2, 0.25) is 0 Å². The molecule has 0 aromatic heterocycles. The first-order chi connectivity index (χ1) is 11.5. The lowest BCUT2D eigenvalue weighted by molar-refractivity contribution is -0.154. The summed E-state index contributed by atoms with van der Waals surface area (Å²) in [7, 11) is 0. The van der Waals surface area contributed by atoms with Gasteiger partial charge in [0.15, 0.2) is 12.7 Å². The number of carbonyl (C=O) groups is 2. The number of amides is 1. The lowest BCUT2D eigenvalue weighted by atomic mass is 10.2. The van der Waals surface area contributed by atoms with Gasteiger partial charge in [-0.1, -0.05) is 30.3 Å². The summed E-state index contributed by atoms with van der Waals surface area (Å²) >= 11 is 0. The molecule has 0 spiro atoms. The Morgan fingerprint density at radius 3 is 2.42 bits per heavy atom. The van der Waals surface area contributed by atoms with E-state index in [0.29, 0.717) is 12.3 Å². The van der Waals surface area contributed by atoms with Gasteiger partial charge in [0.1, 0.15) is 11.6 Å². The molecule has 5 nitrogen and oxygen atoms in total. The number of esters is 1.